The zero-order chi connectivity index (χ0) is 12.3. The van der Waals surface area contributed by atoms with E-state index in [9.17, 15) is 4.39 Å². The number of aromatic nitrogens is 2. The molecule has 0 aliphatic rings. The summed E-state index contributed by atoms with van der Waals surface area (Å²) < 4.78 is 18.9. The number of rotatable bonds is 4. The number of nitrogens with zero attached hydrogens (tertiary/aromatic N) is 2. The third-order valence-electron chi connectivity index (χ3n) is 2.43. The molecule has 0 amide bonds. The average Bonchev–Trinajstić information content (AvgIpc) is 2.86. The topological polar surface area (TPSA) is 47.0 Å². The van der Waals surface area contributed by atoms with Crippen LogP contribution in [0.2, 0.25) is 0 Å². The van der Waals surface area contributed by atoms with Crippen LogP contribution in [-0.4, -0.2) is 24.1 Å². The summed E-state index contributed by atoms with van der Waals surface area (Å²) in [5, 5.41) is 4.92. The predicted molar refractivity (Wildman–Crippen MR) is 63.8 cm³/mol. The molecule has 2 rings (SSSR count). The highest BCUT2D eigenvalue weighted by Gasteiger charge is 2.20. The molecular formula is C11H12FN3OS. The molecular weight excluding hydrogens is 241 g/mol. The van der Waals surface area contributed by atoms with Gasteiger partial charge in [-0.1, -0.05) is 0 Å². The van der Waals surface area contributed by atoms with Crippen LogP contribution in [0.25, 0.3) is 0 Å². The Morgan fingerprint density at radius 3 is 2.88 bits per heavy atom. The second kappa shape index (κ2) is 5.20. The fourth-order valence-electron chi connectivity index (χ4n) is 1.63. The van der Waals surface area contributed by atoms with Crippen LogP contribution in [0.3, 0.4) is 0 Å². The first-order valence-corrected chi connectivity index (χ1v) is 5.96. The molecule has 0 bridgehead atoms. The van der Waals surface area contributed by atoms with Crippen LogP contribution in [0.1, 0.15) is 17.3 Å². The molecule has 4 nitrogen and oxygen atoms in total. The molecule has 0 radical (unpaired) electrons. The number of methoxy groups -OCH3 is 1. The number of thiazole rings is 1. The number of hydrogen-bond donors (Lipinski definition) is 1. The van der Waals surface area contributed by atoms with Crippen molar-refractivity contribution < 1.29 is 9.13 Å². The van der Waals surface area contributed by atoms with Crippen molar-refractivity contribution in [3.8, 4) is 5.88 Å². The van der Waals surface area contributed by atoms with Crippen molar-refractivity contribution in [1.82, 2.24) is 15.3 Å². The fraction of sp³-hybridized carbons (Fsp3) is 0.273. The molecule has 0 fully saturated rings. The van der Waals surface area contributed by atoms with Gasteiger partial charge in [0, 0.05) is 17.1 Å². The Balaban J connectivity index is 2.44. The van der Waals surface area contributed by atoms with Crippen LogP contribution < -0.4 is 10.1 Å². The fourth-order valence-corrected chi connectivity index (χ4v) is 2.21. The van der Waals surface area contributed by atoms with E-state index in [2.05, 4.69) is 15.3 Å². The minimum atomic E-state index is -0.456. The highest BCUT2D eigenvalue weighted by Crippen LogP contribution is 2.27. The van der Waals surface area contributed by atoms with Gasteiger partial charge in [-0.25, -0.2) is 14.4 Å². The quantitative estimate of drug-likeness (QED) is 0.905. The Bertz CT molecular complexity index is 489. The van der Waals surface area contributed by atoms with E-state index >= 15 is 0 Å². The number of hydrogen-bond acceptors (Lipinski definition) is 5. The van der Waals surface area contributed by atoms with E-state index in [1.54, 1.807) is 18.6 Å². The SMILES string of the molecule is CNC(c1cscn1)c1ccnc(OC)c1F. The van der Waals surface area contributed by atoms with Gasteiger partial charge in [-0.15, -0.1) is 11.3 Å². The van der Waals surface area contributed by atoms with Crippen molar-refractivity contribution in [2.75, 3.05) is 14.2 Å². The highest BCUT2D eigenvalue weighted by molar-refractivity contribution is 7.07. The average molecular weight is 253 g/mol. The number of halogens is 1. The lowest BCUT2D eigenvalue weighted by Gasteiger charge is -2.15. The molecule has 2 aromatic heterocycles. The van der Waals surface area contributed by atoms with E-state index in [0.29, 0.717) is 5.56 Å². The van der Waals surface area contributed by atoms with Crippen LogP contribution >= 0.6 is 11.3 Å². The maximum Gasteiger partial charge on any atom is 0.250 e. The van der Waals surface area contributed by atoms with Crippen molar-refractivity contribution in [2.24, 2.45) is 0 Å². The van der Waals surface area contributed by atoms with Crippen molar-refractivity contribution in [1.29, 1.82) is 0 Å². The second-order valence-corrected chi connectivity index (χ2v) is 4.08. The Labute approximate surface area is 102 Å². The van der Waals surface area contributed by atoms with Gasteiger partial charge < -0.3 is 10.1 Å². The zero-order valence-corrected chi connectivity index (χ0v) is 10.3. The third kappa shape index (κ3) is 2.27. The van der Waals surface area contributed by atoms with Gasteiger partial charge in [-0.3, -0.25) is 0 Å². The van der Waals surface area contributed by atoms with E-state index in [-0.39, 0.29) is 11.9 Å². The van der Waals surface area contributed by atoms with E-state index in [1.165, 1.54) is 24.6 Å². The molecule has 0 saturated carbocycles. The monoisotopic (exact) mass is 253 g/mol. The lowest BCUT2D eigenvalue weighted by molar-refractivity contribution is 0.364. The number of nitrogens with one attached hydrogen (secondary N) is 1. The zero-order valence-electron chi connectivity index (χ0n) is 9.48. The molecule has 0 aliphatic carbocycles. The van der Waals surface area contributed by atoms with Crippen LogP contribution in [0.5, 0.6) is 5.88 Å². The van der Waals surface area contributed by atoms with Gasteiger partial charge in [-0.2, -0.15) is 0 Å². The maximum absolute atomic E-state index is 14.1. The van der Waals surface area contributed by atoms with Crippen molar-refractivity contribution in [2.45, 2.75) is 6.04 Å². The summed E-state index contributed by atoms with van der Waals surface area (Å²) in [5.74, 6) is -0.458. The van der Waals surface area contributed by atoms with Gasteiger partial charge in [0.05, 0.1) is 24.4 Å². The standard InChI is InChI=1S/C11H12FN3OS/c1-13-10(8-5-17-6-15-8)7-3-4-14-11(16-2)9(7)12/h3-6,10,13H,1-2H3. The minimum absolute atomic E-state index is 0.00187. The molecule has 0 saturated heterocycles. The third-order valence-corrected chi connectivity index (χ3v) is 3.03. The van der Waals surface area contributed by atoms with E-state index < -0.39 is 5.82 Å². The normalized spacial score (nSPS) is 12.4. The largest absolute Gasteiger partial charge is 0.479 e. The molecule has 0 aromatic carbocycles. The summed E-state index contributed by atoms with van der Waals surface area (Å²) in [5.41, 5.74) is 2.98. The highest BCUT2D eigenvalue weighted by atomic mass is 32.1. The lowest BCUT2D eigenvalue weighted by atomic mass is 10.1. The van der Waals surface area contributed by atoms with Crippen molar-refractivity contribution >= 4 is 11.3 Å². The summed E-state index contributed by atoms with van der Waals surface area (Å²) in [7, 11) is 3.16. The summed E-state index contributed by atoms with van der Waals surface area (Å²) in [6, 6.07) is 1.33. The van der Waals surface area contributed by atoms with Crippen LogP contribution in [0, 0.1) is 5.82 Å². The first kappa shape index (κ1) is 11.9. The van der Waals surface area contributed by atoms with Crippen molar-refractivity contribution in [3.05, 3.63) is 40.2 Å². The van der Waals surface area contributed by atoms with Crippen molar-refractivity contribution in [3.63, 3.8) is 0 Å². The van der Waals surface area contributed by atoms with Gasteiger partial charge in [0.15, 0.2) is 5.82 Å². The molecule has 2 aromatic rings. The van der Waals surface area contributed by atoms with Gasteiger partial charge >= 0.3 is 0 Å². The molecule has 90 valence electrons. The number of pyridine rings is 1. The van der Waals surface area contributed by atoms with E-state index in [1.807, 2.05) is 5.38 Å². The molecule has 1 unspecified atom stereocenters. The molecule has 2 heterocycles. The molecule has 0 aliphatic heterocycles. The summed E-state index contributed by atoms with van der Waals surface area (Å²) in [4.78, 5) is 8.00. The van der Waals surface area contributed by atoms with E-state index in [4.69, 9.17) is 4.74 Å². The molecule has 6 heteroatoms. The smallest absolute Gasteiger partial charge is 0.250 e. The van der Waals surface area contributed by atoms with Crippen LogP contribution in [0.4, 0.5) is 4.39 Å². The van der Waals surface area contributed by atoms with Crippen LogP contribution in [0.15, 0.2) is 23.2 Å². The summed E-state index contributed by atoms with van der Waals surface area (Å²) in [6.45, 7) is 0. The summed E-state index contributed by atoms with van der Waals surface area (Å²) in [6.07, 6.45) is 1.52. The lowest BCUT2D eigenvalue weighted by Crippen LogP contribution is -2.19. The molecule has 0 spiro atoms. The van der Waals surface area contributed by atoms with Gasteiger partial charge in [0.25, 0.3) is 0 Å². The first-order valence-electron chi connectivity index (χ1n) is 5.01. The second-order valence-electron chi connectivity index (χ2n) is 3.36. The molecule has 17 heavy (non-hydrogen) atoms. The van der Waals surface area contributed by atoms with Gasteiger partial charge in [0.1, 0.15) is 0 Å². The maximum atomic E-state index is 14.1. The van der Waals surface area contributed by atoms with E-state index in [0.717, 1.165) is 5.69 Å². The van der Waals surface area contributed by atoms with Gasteiger partial charge in [0.2, 0.25) is 5.88 Å². The first-order chi connectivity index (χ1) is 8.27. The predicted octanol–water partition coefficient (Wildman–Crippen LogP) is 1.99. The number of ether oxygens (including phenoxy) is 1. The van der Waals surface area contributed by atoms with Crippen LogP contribution in [-0.2, 0) is 0 Å². The molecule has 1 atom stereocenters. The summed E-state index contributed by atoms with van der Waals surface area (Å²) >= 11 is 1.47. The Morgan fingerprint density at radius 1 is 1.47 bits per heavy atom. The molecule has 1 N–H and O–H groups in total. The van der Waals surface area contributed by atoms with Gasteiger partial charge in [-0.05, 0) is 13.1 Å². The Kier molecular flexibility index (Phi) is 3.65. The minimum Gasteiger partial charge on any atom is -0.479 e. The Hall–Kier alpha value is -1.53. The Morgan fingerprint density at radius 2 is 2.29 bits per heavy atom.